The van der Waals surface area contributed by atoms with Gasteiger partial charge < -0.3 is 10.3 Å². The van der Waals surface area contributed by atoms with Crippen LogP contribution >= 0.6 is 7.26 Å². The molecule has 0 aromatic heterocycles. The Labute approximate surface area is 209 Å². The lowest BCUT2D eigenvalue weighted by Gasteiger charge is -2.27. The Morgan fingerprint density at radius 2 is 0.818 bits per heavy atom. The zero-order valence-corrected chi connectivity index (χ0v) is 22.6. The highest BCUT2D eigenvalue weighted by atomic mass is 127. The summed E-state index contributed by atoms with van der Waals surface area (Å²) >= 11 is -4.01. The fourth-order valence-electron chi connectivity index (χ4n) is 4.36. The van der Waals surface area contributed by atoms with Gasteiger partial charge in [0.1, 0.15) is 23.2 Å². The van der Waals surface area contributed by atoms with Gasteiger partial charge in [-0.3, -0.25) is 0 Å². The van der Waals surface area contributed by atoms with Gasteiger partial charge in [-0.1, -0.05) is 100 Å². The van der Waals surface area contributed by atoms with Gasteiger partial charge >= 0.3 is 0 Å². The third-order valence-electron chi connectivity index (χ3n) is 5.94. The maximum absolute atomic E-state index is 8.57. The molecule has 0 amide bonds. The monoisotopic (exact) mass is 578 g/mol. The van der Waals surface area contributed by atoms with Crippen LogP contribution in [0.5, 0.6) is 0 Å². The Morgan fingerprint density at radius 3 is 1.15 bits per heavy atom. The largest absolute Gasteiger partial charge is 0.427 e. The minimum absolute atomic E-state index is 1.26. The molecule has 0 fully saturated rings. The second kappa shape index (κ2) is 16.3. The standard InChI is InChI=1S/C28H36P.IO3/c1-2-3-4-5-6-7-8-18-25-29(26-19-12-9-13-20-26,27-21-14-10-15-22-27)28-23-16-11-17-24-28;2-1(3)4/h9-17,19-24H,2-8,18,25H2,1H3;/q+1;-1. The Hall–Kier alpha value is -1.30. The summed E-state index contributed by atoms with van der Waals surface area (Å²) in [5, 5.41) is 4.54. The van der Waals surface area contributed by atoms with Crippen LogP contribution in [-0.4, -0.2) is 6.16 Å². The Balaban J connectivity index is 0.000000890. The summed E-state index contributed by atoms with van der Waals surface area (Å²) in [6.45, 7) is 2.29. The van der Waals surface area contributed by atoms with Crippen LogP contribution in [-0.2, 0) is 0 Å². The van der Waals surface area contributed by atoms with E-state index in [0.717, 1.165) is 0 Å². The number of hydrogen-bond donors (Lipinski definition) is 0. The molecule has 3 nitrogen and oxygen atoms in total. The third kappa shape index (κ3) is 9.46. The van der Waals surface area contributed by atoms with Crippen molar-refractivity contribution in [3.8, 4) is 0 Å². The van der Waals surface area contributed by atoms with Crippen LogP contribution < -0.4 is 47.3 Å². The van der Waals surface area contributed by atoms with Gasteiger partial charge in [-0.2, -0.15) is 0 Å². The molecule has 3 rings (SSSR count). The van der Waals surface area contributed by atoms with Crippen molar-refractivity contribution in [3.63, 3.8) is 0 Å². The van der Waals surface area contributed by atoms with Crippen molar-refractivity contribution in [1.29, 1.82) is 0 Å². The van der Waals surface area contributed by atoms with Crippen molar-refractivity contribution < 1.29 is 31.4 Å². The molecule has 3 aromatic rings. The Kier molecular flexibility index (Phi) is 13.8. The average Bonchev–Trinajstić information content (AvgIpc) is 2.85. The maximum Gasteiger partial charge on any atom is 0.282 e. The molecule has 0 bridgehead atoms. The summed E-state index contributed by atoms with van der Waals surface area (Å²) in [5.74, 6) is 0. The molecule has 0 heterocycles. The first-order chi connectivity index (χ1) is 16.1. The smallest absolute Gasteiger partial charge is 0.282 e. The lowest BCUT2D eigenvalue weighted by molar-refractivity contribution is -1.73. The summed E-state index contributed by atoms with van der Waals surface area (Å²) in [6.07, 6.45) is 12.2. The molecule has 0 radical (unpaired) electrons. The normalized spacial score (nSPS) is 11.2. The molecule has 5 heteroatoms. The summed E-state index contributed by atoms with van der Waals surface area (Å²) < 4.78 is 25.7. The highest BCUT2D eigenvalue weighted by Gasteiger charge is 2.44. The SMILES string of the molecule is CCCCCCCCCC[P+](c1ccccc1)(c1ccccc1)c1ccccc1.[O-][I+2]([O-])[O-]. The van der Waals surface area contributed by atoms with Crippen LogP contribution in [0.4, 0.5) is 0 Å². The fraction of sp³-hybridized carbons (Fsp3) is 0.357. The van der Waals surface area contributed by atoms with Crippen molar-refractivity contribution in [3.05, 3.63) is 91.0 Å². The van der Waals surface area contributed by atoms with E-state index in [1.165, 1.54) is 73.4 Å². The van der Waals surface area contributed by atoms with Gasteiger partial charge in [0.15, 0.2) is 0 Å². The first-order valence-corrected chi connectivity index (χ1v) is 16.5. The van der Waals surface area contributed by atoms with E-state index in [-0.39, 0.29) is 0 Å². The summed E-state index contributed by atoms with van der Waals surface area (Å²) in [4.78, 5) is 0. The zero-order chi connectivity index (χ0) is 23.8. The molecule has 0 unspecified atom stereocenters. The average molecular weight is 578 g/mol. The molecule has 0 aliphatic carbocycles. The van der Waals surface area contributed by atoms with Crippen LogP contribution in [0.15, 0.2) is 91.0 Å². The van der Waals surface area contributed by atoms with Gasteiger partial charge in [0.2, 0.25) is 0 Å². The Morgan fingerprint density at radius 1 is 0.515 bits per heavy atom. The first-order valence-electron chi connectivity index (χ1n) is 11.9. The van der Waals surface area contributed by atoms with Crippen molar-refractivity contribution in [2.75, 3.05) is 6.16 Å². The second-order valence-electron chi connectivity index (χ2n) is 8.20. The quantitative estimate of drug-likeness (QED) is 0.179. The fourth-order valence-corrected chi connectivity index (χ4v) is 8.78. The summed E-state index contributed by atoms with van der Waals surface area (Å²) in [7, 11) is -1.62. The van der Waals surface area contributed by atoms with E-state index in [1.807, 2.05) is 0 Å². The second-order valence-corrected chi connectivity index (χ2v) is 12.9. The molecule has 0 N–H and O–H groups in total. The van der Waals surface area contributed by atoms with Crippen LogP contribution in [0.1, 0.15) is 58.3 Å². The molecule has 0 aliphatic heterocycles. The topological polar surface area (TPSA) is 69.2 Å². The molecule has 0 spiro atoms. The molecule has 0 saturated heterocycles. The van der Waals surface area contributed by atoms with E-state index in [1.54, 1.807) is 0 Å². The molecular weight excluding hydrogens is 542 g/mol. The van der Waals surface area contributed by atoms with Crippen LogP contribution in [0.2, 0.25) is 0 Å². The van der Waals surface area contributed by atoms with Crippen molar-refractivity contribution in [2.45, 2.75) is 58.3 Å². The van der Waals surface area contributed by atoms with Gasteiger partial charge in [-0.15, -0.1) is 0 Å². The van der Waals surface area contributed by atoms with Gasteiger partial charge in [-0.25, -0.2) is 0 Å². The molecule has 33 heavy (non-hydrogen) atoms. The zero-order valence-electron chi connectivity index (χ0n) is 19.6. The van der Waals surface area contributed by atoms with Gasteiger partial charge in [0.25, 0.3) is 21.1 Å². The Bertz CT molecular complexity index is 761. The lowest BCUT2D eigenvalue weighted by Crippen LogP contribution is -4.05. The maximum atomic E-state index is 8.57. The predicted molar refractivity (Wildman–Crippen MR) is 133 cm³/mol. The van der Waals surface area contributed by atoms with Crippen LogP contribution in [0.25, 0.3) is 0 Å². The van der Waals surface area contributed by atoms with E-state index < -0.39 is 28.3 Å². The van der Waals surface area contributed by atoms with Gasteiger partial charge in [0.05, 0.1) is 6.16 Å². The highest BCUT2D eigenvalue weighted by molar-refractivity contribution is 7.95. The summed E-state index contributed by atoms with van der Waals surface area (Å²) in [5.41, 5.74) is 0. The number of hydrogen-bond acceptors (Lipinski definition) is 3. The van der Waals surface area contributed by atoms with E-state index in [0.29, 0.717) is 0 Å². The number of benzene rings is 3. The summed E-state index contributed by atoms with van der Waals surface area (Å²) in [6, 6.07) is 33.9. The number of rotatable bonds is 12. The molecule has 0 saturated carbocycles. The molecule has 0 atom stereocenters. The van der Waals surface area contributed by atoms with E-state index in [2.05, 4.69) is 97.9 Å². The minimum Gasteiger partial charge on any atom is -0.427 e. The molecule has 3 aromatic carbocycles. The van der Waals surface area contributed by atoms with Gasteiger partial charge in [0, 0.05) is 0 Å². The first kappa shape index (κ1) is 27.9. The van der Waals surface area contributed by atoms with Crippen LogP contribution in [0, 0.1) is 0 Å². The van der Waals surface area contributed by atoms with E-state index in [4.69, 9.17) is 10.3 Å². The van der Waals surface area contributed by atoms with Crippen molar-refractivity contribution in [2.24, 2.45) is 0 Å². The molecule has 178 valence electrons. The third-order valence-corrected chi connectivity index (χ3v) is 10.5. The van der Waals surface area contributed by atoms with E-state index >= 15 is 0 Å². The van der Waals surface area contributed by atoms with E-state index in [9.17, 15) is 0 Å². The van der Waals surface area contributed by atoms with Crippen LogP contribution in [0.3, 0.4) is 0 Å². The van der Waals surface area contributed by atoms with Gasteiger partial charge in [-0.05, 0) is 49.2 Å². The number of halogens is 1. The number of unbranched alkanes of at least 4 members (excludes halogenated alkanes) is 7. The van der Waals surface area contributed by atoms with Crippen molar-refractivity contribution in [1.82, 2.24) is 0 Å². The predicted octanol–water partition coefficient (Wildman–Crippen LogP) is 0.558. The van der Waals surface area contributed by atoms with Crippen molar-refractivity contribution >= 4 is 23.2 Å². The minimum atomic E-state index is -4.01. The molecular formula is C28H36IO3P. The molecule has 0 aliphatic rings. The highest BCUT2D eigenvalue weighted by Crippen LogP contribution is 2.55. The lowest BCUT2D eigenvalue weighted by atomic mass is 10.1.